The van der Waals surface area contributed by atoms with Gasteiger partial charge in [-0.2, -0.15) is 0 Å². The van der Waals surface area contributed by atoms with Gasteiger partial charge in [0.15, 0.2) is 0 Å². The van der Waals surface area contributed by atoms with E-state index in [0.717, 1.165) is 56.5 Å². The molecule has 0 aromatic carbocycles. The molecule has 7 nitrogen and oxygen atoms in total. The van der Waals surface area contributed by atoms with Crippen LogP contribution in [-0.4, -0.2) is 40.5 Å². The molecule has 180 valence electrons. The highest BCUT2D eigenvalue weighted by molar-refractivity contribution is 6.30. The highest BCUT2D eigenvalue weighted by Gasteiger charge is 2.28. The molecule has 3 rings (SSSR count). The molecule has 0 saturated carbocycles. The van der Waals surface area contributed by atoms with E-state index >= 15 is 0 Å². The number of anilines is 3. The highest BCUT2D eigenvalue weighted by Crippen LogP contribution is 2.32. The van der Waals surface area contributed by atoms with Crippen LogP contribution in [0.2, 0.25) is 5.02 Å². The zero-order valence-corrected chi connectivity index (χ0v) is 21.2. The van der Waals surface area contributed by atoms with Crippen LogP contribution in [0.25, 0.3) is 0 Å². The van der Waals surface area contributed by atoms with Gasteiger partial charge in [0.05, 0.1) is 29.3 Å². The molecular weight excluding hydrogens is 436 g/mol. The Bertz CT molecular complexity index is 889. The third-order valence-electron chi connectivity index (χ3n) is 6.69. The average molecular weight is 473 g/mol. The number of carbonyl (C=O) groups excluding carboxylic acids is 1. The molecule has 2 atom stereocenters. The SMILES string of the molecule is CC(CCNc1ccc(NC(=O)C(C)(C)C)nc1)C(C)C1CCN(c2ncc(Cl)cn2)CC1. The minimum absolute atomic E-state index is 0.0370. The largest absolute Gasteiger partial charge is 0.384 e. The van der Waals surface area contributed by atoms with Gasteiger partial charge >= 0.3 is 0 Å². The molecule has 2 N–H and O–H groups in total. The summed E-state index contributed by atoms with van der Waals surface area (Å²) >= 11 is 5.90. The molecule has 2 unspecified atom stereocenters. The summed E-state index contributed by atoms with van der Waals surface area (Å²) < 4.78 is 0. The quantitative estimate of drug-likeness (QED) is 0.527. The molecule has 2 aromatic rings. The number of aromatic nitrogens is 3. The van der Waals surface area contributed by atoms with Crippen molar-refractivity contribution in [1.29, 1.82) is 0 Å². The van der Waals surface area contributed by atoms with Gasteiger partial charge in [-0.15, -0.1) is 0 Å². The lowest BCUT2D eigenvalue weighted by atomic mass is 9.77. The summed E-state index contributed by atoms with van der Waals surface area (Å²) in [6.45, 7) is 13.3. The monoisotopic (exact) mass is 472 g/mol. The minimum Gasteiger partial charge on any atom is -0.384 e. The van der Waals surface area contributed by atoms with Gasteiger partial charge in [-0.25, -0.2) is 15.0 Å². The van der Waals surface area contributed by atoms with Gasteiger partial charge in [0, 0.05) is 25.0 Å². The number of nitrogens with zero attached hydrogens (tertiary/aromatic N) is 4. The zero-order valence-electron chi connectivity index (χ0n) is 20.4. The summed E-state index contributed by atoms with van der Waals surface area (Å²) in [6, 6.07) is 3.81. The molecule has 1 aliphatic heterocycles. The van der Waals surface area contributed by atoms with Crippen LogP contribution in [0, 0.1) is 23.2 Å². The predicted molar refractivity (Wildman–Crippen MR) is 136 cm³/mol. The van der Waals surface area contributed by atoms with Crippen LogP contribution in [0.15, 0.2) is 30.7 Å². The van der Waals surface area contributed by atoms with Gasteiger partial charge in [-0.1, -0.05) is 46.2 Å². The normalized spacial score (nSPS) is 16.8. The second-order valence-corrected chi connectivity index (χ2v) is 10.7. The molecular formula is C25H37ClN6O. The first-order chi connectivity index (χ1) is 15.6. The lowest BCUT2D eigenvalue weighted by molar-refractivity contribution is -0.123. The number of hydrogen-bond donors (Lipinski definition) is 2. The number of halogens is 1. The molecule has 0 spiro atoms. The van der Waals surface area contributed by atoms with Crippen LogP contribution >= 0.6 is 11.6 Å². The van der Waals surface area contributed by atoms with Crippen molar-refractivity contribution < 1.29 is 4.79 Å². The Kier molecular flexibility index (Phi) is 8.51. The Morgan fingerprint density at radius 2 is 1.79 bits per heavy atom. The van der Waals surface area contributed by atoms with Crippen molar-refractivity contribution in [2.75, 3.05) is 35.2 Å². The summed E-state index contributed by atoms with van der Waals surface area (Å²) in [5.41, 5.74) is 0.533. The Balaban J connectivity index is 1.39. The standard InChI is InChI=1S/C25H37ClN6O/c1-17(8-11-27-21-6-7-22(28-16-21)31-23(33)25(3,4)5)18(2)19-9-12-32(13-10-19)24-29-14-20(26)15-30-24/h6-7,14-19,27H,8-13H2,1-5H3,(H,28,31,33). The van der Waals surface area contributed by atoms with Crippen LogP contribution in [0.1, 0.15) is 53.9 Å². The summed E-state index contributed by atoms with van der Waals surface area (Å²) in [5, 5.41) is 6.90. The molecule has 2 aromatic heterocycles. The zero-order chi connectivity index (χ0) is 24.0. The van der Waals surface area contributed by atoms with Gasteiger partial charge in [-0.05, 0) is 49.1 Å². The van der Waals surface area contributed by atoms with Crippen LogP contribution in [0.5, 0.6) is 0 Å². The van der Waals surface area contributed by atoms with Crippen molar-refractivity contribution in [2.45, 2.75) is 53.9 Å². The number of amides is 1. The van der Waals surface area contributed by atoms with Crippen LogP contribution in [0.3, 0.4) is 0 Å². The lowest BCUT2D eigenvalue weighted by Gasteiger charge is -2.37. The van der Waals surface area contributed by atoms with E-state index in [4.69, 9.17) is 11.6 Å². The van der Waals surface area contributed by atoms with Crippen LogP contribution in [0.4, 0.5) is 17.5 Å². The first kappa shape index (κ1) is 25.2. The molecule has 1 amide bonds. The van der Waals surface area contributed by atoms with Crippen molar-refractivity contribution in [3.05, 3.63) is 35.7 Å². The third-order valence-corrected chi connectivity index (χ3v) is 6.88. The number of nitrogens with one attached hydrogen (secondary N) is 2. The minimum atomic E-state index is -0.439. The van der Waals surface area contributed by atoms with E-state index in [-0.39, 0.29) is 5.91 Å². The van der Waals surface area contributed by atoms with Crippen molar-refractivity contribution in [3.63, 3.8) is 0 Å². The molecule has 1 fully saturated rings. The molecule has 8 heteroatoms. The maximum absolute atomic E-state index is 12.1. The first-order valence-electron chi connectivity index (χ1n) is 11.9. The van der Waals surface area contributed by atoms with Crippen molar-refractivity contribution in [1.82, 2.24) is 15.0 Å². The first-order valence-corrected chi connectivity index (χ1v) is 12.2. The van der Waals surface area contributed by atoms with Crippen molar-refractivity contribution >= 4 is 35.0 Å². The number of pyridine rings is 1. The van der Waals surface area contributed by atoms with Crippen molar-refractivity contribution in [3.8, 4) is 0 Å². The number of rotatable bonds is 8. The van der Waals surface area contributed by atoms with E-state index in [2.05, 4.69) is 44.3 Å². The van der Waals surface area contributed by atoms with E-state index in [1.807, 2.05) is 32.9 Å². The fraction of sp³-hybridized carbons (Fsp3) is 0.600. The molecule has 1 saturated heterocycles. The predicted octanol–water partition coefficient (Wildman–Crippen LogP) is 5.50. The molecule has 3 heterocycles. The molecule has 0 aliphatic carbocycles. The number of carbonyl (C=O) groups is 1. The smallest absolute Gasteiger partial charge is 0.230 e. The van der Waals surface area contributed by atoms with Crippen LogP contribution in [-0.2, 0) is 4.79 Å². The summed E-state index contributed by atoms with van der Waals surface area (Å²) in [6.07, 6.45) is 8.54. The number of piperidine rings is 1. The van der Waals surface area contributed by atoms with Crippen LogP contribution < -0.4 is 15.5 Å². The van der Waals surface area contributed by atoms with Crippen molar-refractivity contribution in [2.24, 2.45) is 23.2 Å². The van der Waals surface area contributed by atoms with Gasteiger partial charge < -0.3 is 15.5 Å². The summed E-state index contributed by atoms with van der Waals surface area (Å²) in [4.78, 5) is 27.4. The van der Waals surface area contributed by atoms with E-state index in [0.29, 0.717) is 22.7 Å². The average Bonchev–Trinajstić information content (AvgIpc) is 2.79. The van der Waals surface area contributed by atoms with Gasteiger partial charge in [0.25, 0.3) is 0 Å². The molecule has 1 aliphatic rings. The summed E-state index contributed by atoms with van der Waals surface area (Å²) in [5.74, 6) is 3.33. The Hall–Kier alpha value is -2.41. The molecule has 33 heavy (non-hydrogen) atoms. The second-order valence-electron chi connectivity index (χ2n) is 10.2. The van der Waals surface area contributed by atoms with Gasteiger partial charge in [0.2, 0.25) is 11.9 Å². The Labute approximate surface area is 202 Å². The van der Waals surface area contributed by atoms with E-state index in [1.54, 1.807) is 18.6 Å². The molecule has 0 bridgehead atoms. The second kappa shape index (κ2) is 11.1. The van der Waals surface area contributed by atoms with E-state index < -0.39 is 5.41 Å². The highest BCUT2D eigenvalue weighted by atomic mass is 35.5. The van der Waals surface area contributed by atoms with Gasteiger partial charge in [0.1, 0.15) is 5.82 Å². The Morgan fingerprint density at radius 3 is 2.36 bits per heavy atom. The van der Waals surface area contributed by atoms with E-state index in [1.165, 1.54) is 0 Å². The molecule has 0 radical (unpaired) electrons. The number of hydrogen-bond acceptors (Lipinski definition) is 6. The fourth-order valence-electron chi connectivity index (χ4n) is 4.14. The topological polar surface area (TPSA) is 83.0 Å². The fourth-order valence-corrected chi connectivity index (χ4v) is 4.24. The lowest BCUT2D eigenvalue weighted by Crippen LogP contribution is -2.38. The van der Waals surface area contributed by atoms with Gasteiger partial charge in [-0.3, -0.25) is 4.79 Å². The maximum atomic E-state index is 12.1. The van der Waals surface area contributed by atoms with E-state index in [9.17, 15) is 4.79 Å². The maximum Gasteiger partial charge on any atom is 0.230 e. The Morgan fingerprint density at radius 1 is 1.12 bits per heavy atom. The third kappa shape index (κ3) is 7.29. The summed E-state index contributed by atoms with van der Waals surface area (Å²) in [7, 11) is 0.